The van der Waals surface area contributed by atoms with E-state index >= 15 is 0 Å². The smallest absolute Gasteiger partial charge is 0.397 e. The van der Waals surface area contributed by atoms with E-state index in [9.17, 15) is 77.7 Å². The number of ether oxygens (including phenoxy) is 2. The van der Waals surface area contributed by atoms with Crippen molar-refractivity contribution in [3.05, 3.63) is 42.5 Å². The number of nitrogens with zero attached hydrogens (tertiary/aromatic N) is 4. The fraction of sp³-hybridized carbons (Fsp3) is 0.214. The normalized spacial score (nSPS) is 13.5. The zero-order valence-electron chi connectivity index (χ0n) is 31.6. The summed E-state index contributed by atoms with van der Waals surface area (Å²) in [4.78, 5) is -5.44. The molecule has 0 radical (unpaired) electrons. The molecule has 352 valence electrons. The lowest BCUT2D eigenvalue weighted by Crippen LogP contribution is -2.16. The quantitative estimate of drug-likeness (QED) is 0.0400. The average molecular weight is 1040 g/mol. The second kappa shape index (κ2) is 18.4. The maximum atomic E-state index is 13.0. The molecule has 29 nitrogen and oxygen atoms in total. The van der Waals surface area contributed by atoms with Gasteiger partial charge in [-0.25, -0.2) is 25.2 Å². The van der Waals surface area contributed by atoms with Gasteiger partial charge in [0, 0.05) is 12.1 Å². The third-order valence-electron chi connectivity index (χ3n) is 7.92. The molecular formula is C28H29N5O24S7. The van der Waals surface area contributed by atoms with Crippen LogP contribution in [-0.4, -0.2) is 126 Å². The summed E-state index contributed by atoms with van der Waals surface area (Å²) in [5, 5.41) is 24.4. The first kappa shape index (κ1) is 51.5. The number of sulfone groups is 2. The molecule has 0 spiro atoms. The zero-order valence-corrected chi connectivity index (χ0v) is 37.3. The van der Waals surface area contributed by atoms with Crippen LogP contribution in [0.4, 0.5) is 28.4 Å². The Bertz CT molecular complexity index is 3430. The fourth-order valence-electron chi connectivity index (χ4n) is 5.19. The number of hydrogen-bond donors (Lipinski definition) is 7. The first-order valence-electron chi connectivity index (χ1n) is 16.1. The minimum Gasteiger partial charge on any atom is -0.505 e. The standard InChI is InChI=1S/C28H29N5O24S7/c1-54-18-13-21(59(37,38)8-6-57-64(51,52)53)19(55-2)12-17(18)31-33-27-23(62(45,46)47)10-14-9-22(61(42,43)44)26(25(29)24(14)28(27)34)32-30-16-4-3-15(11-20(16)60(39,40)41)58(35,36)7-5-56-63(48,49)50/h3-4,9-13,34H,5-8,29H2,1-2H3,(H,39,40,41)(H,42,43,44)(H,45,46,47)(H,48,49,50)(H,51,52,53)/b32-30+,33-31+. The Morgan fingerprint density at radius 2 is 1.00 bits per heavy atom. The van der Waals surface area contributed by atoms with E-state index in [2.05, 4.69) is 28.8 Å². The van der Waals surface area contributed by atoms with Crippen molar-refractivity contribution < 1.29 is 105 Å². The summed E-state index contributed by atoms with van der Waals surface area (Å²) in [6.07, 6.45) is 0. The lowest BCUT2D eigenvalue weighted by atomic mass is 10.1. The van der Waals surface area contributed by atoms with E-state index in [0.29, 0.717) is 30.3 Å². The molecule has 0 unspecified atom stereocenters. The van der Waals surface area contributed by atoms with Crippen molar-refractivity contribution in [1.82, 2.24) is 0 Å². The van der Waals surface area contributed by atoms with Crippen LogP contribution in [0, 0.1) is 0 Å². The highest BCUT2D eigenvalue weighted by Crippen LogP contribution is 2.49. The van der Waals surface area contributed by atoms with E-state index in [1.54, 1.807) is 0 Å². The average Bonchev–Trinajstić information content (AvgIpc) is 3.13. The van der Waals surface area contributed by atoms with Crippen LogP contribution in [0.3, 0.4) is 0 Å². The molecule has 4 aromatic rings. The number of phenols is 1. The molecule has 0 saturated heterocycles. The Balaban J connectivity index is 1.94. The largest absolute Gasteiger partial charge is 0.505 e. The Hall–Kier alpha value is -5.09. The number of nitrogens with two attached hydrogens (primary N) is 1. The van der Waals surface area contributed by atoms with Crippen LogP contribution in [0.2, 0.25) is 0 Å². The number of aromatic hydroxyl groups is 1. The topological polar surface area (TPSA) is 473 Å². The maximum absolute atomic E-state index is 13.0. The van der Waals surface area contributed by atoms with Crippen LogP contribution < -0.4 is 15.2 Å². The molecule has 0 amide bonds. The molecule has 0 fully saturated rings. The van der Waals surface area contributed by atoms with E-state index in [1.807, 2.05) is 0 Å². The van der Waals surface area contributed by atoms with Crippen molar-refractivity contribution >= 4 is 110 Å². The van der Waals surface area contributed by atoms with Gasteiger partial charge in [-0.3, -0.25) is 22.8 Å². The van der Waals surface area contributed by atoms with Gasteiger partial charge in [-0.05, 0) is 35.7 Å². The number of anilines is 1. The highest BCUT2D eigenvalue weighted by molar-refractivity contribution is 7.92. The van der Waals surface area contributed by atoms with Gasteiger partial charge in [0.15, 0.2) is 25.4 Å². The highest BCUT2D eigenvalue weighted by atomic mass is 32.3. The Kier molecular flexibility index (Phi) is 14.8. The number of hydrogen-bond acceptors (Lipinski definition) is 24. The fourth-order valence-corrected chi connectivity index (χ4v) is 10.4. The molecule has 64 heavy (non-hydrogen) atoms. The van der Waals surface area contributed by atoms with Gasteiger partial charge in [-0.1, -0.05) is 0 Å². The zero-order chi connectivity index (χ0) is 48.6. The van der Waals surface area contributed by atoms with E-state index < -0.39 is 176 Å². The number of benzene rings is 4. The number of rotatable bonds is 19. The Morgan fingerprint density at radius 1 is 0.531 bits per heavy atom. The maximum Gasteiger partial charge on any atom is 0.397 e. The molecule has 0 saturated carbocycles. The van der Waals surface area contributed by atoms with Crippen LogP contribution in [0.1, 0.15) is 0 Å². The van der Waals surface area contributed by atoms with Crippen LogP contribution in [0.5, 0.6) is 17.2 Å². The van der Waals surface area contributed by atoms with Crippen molar-refractivity contribution in [3.8, 4) is 17.2 Å². The second-order valence-corrected chi connectivity index (χ2v) is 22.6. The van der Waals surface area contributed by atoms with Gasteiger partial charge in [0.05, 0.1) is 54.9 Å². The molecule has 4 aromatic carbocycles. The summed E-state index contributed by atoms with van der Waals surface area (Å²) in [6.45, 7) is -2.19. The first-order valence-corrected chi connectivity index (χ1v) is 26.4. The van der Waals surface area contributed by atoms with E-state index in [4.69, 9.17) is 24.3 Å². The summed E-state index contributed by atoms with van der Waals surface area (Å²) in [7, 11) is -33.6. The Labute approximate surface area is 362 Å². The van der Waals surface area contributed by atoms with Crippen LogP contribution >= 0.6 is 0 Å². The van der Waals surface area contributed by atoms with Crippen LogP contribution in [0.15, 0.2) is 87.4 Å². The highest BCUT2D eigenvalue weighted by Gasteiger charge is 2.30. The summed E-state index contributed by atoms with van der Waals surface area (Å²) in [5.74, 6) is -4.47. The van der Waals surface area contributed by atoms with Gasteiger partial charge in [0.25, 0.3) is 30.4 Å². The van der Waals surface area contributed by atoms with Gasteiger partial charge < -0.3 is 20.3 Å². The van der Waals surface area contributed by atoms with E-state index in [0.717, 1.165) is 26.4 Å². The molecule has 4 rings (SSSR count). The van der Waals surface area contributed by atoms with Gasteiger partial charge in [-0.2, -0.15) is 42.1 Å². The molecule has 8 N–H and O–H groups in total. The van der Waals surface area contributed by atoms with Crippen molar-refractivity contribution in [3.63, 3.8) is 0 Å². The van der Waals surface area contributed by atoms with Crippen molar-refractivity contribution in [1.29, 1.82) is 0 Å². The first-order chi connectivity index (χ1) is 29.1. The third-order valence-corrected chi connectivity index (χ3v) is 14.8. The van der Waals surface area contributed by atoms with Gasteiger partial charge in [0.2, 0.25) is 0 Å². The number of nitrogen functional groups attached to an aromatic ring is 1. The van der Waals surface area contributed by atoms with Crippen LogP contribution in [-0.2, 0) is 79.2 Å². The minimum absolute atomic E-state index is 0.319. The molecule has 0 aliphatic rings. The Morgan fingerprint density at radius 3 is 1.48 bits per heavy atom. The van der Waals surface area contributed by atoms with Gasteiger partial charge in [0.1, 0.15) is 53.8 Å². The monoisotopic (exact) mass is 1040 g/mol. The van der Waals surface area contributed by atoms with Crippen molar-refractivity contribution in [2.45, 2.75) is 24.5 Å². The summed E-state index contributed by atoms with van der Waals surface area (Å²) >= 11 is 0. The summed E-state index contributed by atoms with van der Waals surface area (Å²) in [6, 6.07) is 4.19. The van der Waals surface area contributed by atoms with Crippen molar-refractivity contribution in [2.24, 2.45) is 20.5 Å². The number of methoxy groups -OCH3 is 2. The predicted molar refractivity (Wildman–Crippen MR) is 213 cm³/mol. The lowest BCUT2D eigenvalue weighted by Gasteiger charge is -2.15. The molecule has 0 bridgehead atoms. The number of fused-ring (bicyclic) bond motifs is 1. The molecule has 0 atom stereocenters. The predicted octanol–water partition coefficient (Wildman–Crippen LogP) is 1.90. The second-order valence-electron chi connectivity index (χ2n) is 12.1. The summed E-state index contributed by atoms with van der Waals surface area (Å²) in [5.41, 5.74) is 1.46. The molecular weight excluding hydrogens is 1010 g/mol. The SMILES string of the molecule is COc1cc(S(=O)(=O)CCOS(=O)(=O)O)c(OC)cc1/N=N/c1c(S(=O)(=O)O)cc2cc(S(=O)(=O)O)c(/N=N/c3ccc(S(=O)(=O)CCOS(=O)(=O)O)cc3S(=O)(=O)O)c(N)c2c1O. The molecule has 0 aromatic heterocycles. The minimum atomic E-state index is -5.50. The summed E-state index contributed by atoms with van der Waals surface area (Å²) < 4.78 is 235. The molecule has 0 aliphatic heterocycles. The van der Waals surface area contributed by atoms with Crippen molar-refractivity contribution in [2.75, 3.05) is 44.7 Å². The van der Waals surface area contributed by atoms with E-state index in [1.165, 1.54) is 0 Å². The third kappa shape index (κ3) is 12.4. The molecule has 0 aliphatic carbocycles. The molecule has 36 heteroatoms. The van der Waals surface area contributed by atoms with E-state index in [-0.39, 0.29) is 0 Å². The van der Waals surface area contributed by atoms with Gasteiger partial charge >= 0.3 is 20.8 Å². The number of phenolic OH excluding ortho intramolecular Hbond substituents is 1. The van der Waals surface area contributed by atoms with Gasteiger partial charge in [-0.15, -0.1) is 20.5 Å². The van der Waals surface area contributed by atoms with Crippen LogP contribution in [0.25, 0.3) is 10.8 Å². The number of azo groups is 2. The lowest BCUT2D eigenvalue weighted by molar-refractivity contribution is 0.282. The molecule has 0 heterocycles.